The summed E-state index contributed by atoms with van der Waals surface area (Å²) in [5.41, 5.74) is 0.0718. The van der Waals surface area contributed by atoms with Gasteiger partial charge in [0.25, 0.3) is 0 Å². The molecule has 0 amide bonds. The van der Waals surface area contributed by atoms with Gasteiger partial charge in [0.15, 0.2) is 5.75 Å². The summed E-state index contributed by atoms with van der Waals surface area (Å²) in [6.45, 7) is 6.42. The Hall–Kier alpha value is -1.03. The van der Waals surface area contributed by atoms with E-state index in [4.69, 9.17) is 4.74 Å². The molecule has 114 valence electrons. The number of rotatable bonds is 4. The van der Waals surface area contributed by atoms with Gasteiger partial charge in [0.2, 0.25) is 0 Å². The van der Waals surface area contributed by atoms with Crippen LogP contribution in [0.2, 0.25) is 0 Å². The third kappa shape index (κ3) is 2.85. The van der Waals surface area contributed by atoms with Gasteiger partial charge in [-0.1, -0.05) is 19.8 Å². The molecule has 4 nitrogen and oxygen atoms in total. The smallest absolute Gasteiger partial charge is 0.162 e. The third-order valence-electron chi connectivity index (χ3n) is 4.66. The van der Waals surface area contributed by atoms with Crippen LogP contribution in [0.1, 0.15) is 71.0 Å². The zero-order valence-corrected chi connectivity index (χ0v) is 13.2. The molecule has 1 saturated carbocycles. The number of hydrogen-bond donors (Lipinski definition) is 1. The number of ether oxygens (including phenoxy) is 1. The summed E-state index contributed by atoms with van der Waals surface area (Å²) in [5, 5.41) is 15.6. The number of nitrogens with zero attached hydrogens (tertiary/aromatic N) is 2. The number of aliphatic hydroxyl groups is 1. The molecule has 2 atom stereocenters. The lowest BCUT2D eigenvalue weighted by Crippen LogP contribution is -2.30. The second kappa shape index (κ2) is 6.17. The zero-order valence-electron chi connectivity index (χ0n) is 13.2. The zero-order chi connectivity index (χ0) is 14.8. The highest BCUT2D eigenvalue weighted by Crippen LogP contribution is 2.42. The fourth-order valence-electron chi connectivity index (χ4n) is 3.37. The Morgan fingerprint density at radius 2 is 2.20 bits per heavy atom. The Bertz CT molecular complexity index is 442. The van der Waals surface area contributed by atoms with E-state index in [2.05, 4.69) is 25.9 Å². The topological polar surface area (TPSA) is 47.3 Å². The SMILES string of the molecule is CCC1CCCC(O)(c2c(OC)cnn2C(C)C)CC1. The first-order valence-corrected chi connectivity index (χ1v) is 7.86. The molecule has 0 aromatic carbocycles. The molecule has 2 rings (SSSR count). The van der Waals surface area contributed by atoms with Gasteiger partial charge in [0, 0.05) is 6.04 Å². The van der Waals surface area contributed by atoms with Gasteiger partial charge in [0.1, 0.15) is 11.3 Å². The van der Waals surface area contributed by atoms with Crippen molar-refractivity contribution in [1.29, 1.82) is 0 Å². The predicted octanol–water partition coefficient (Wildman–Crippen LogP) is 3.65. The molecule has 0 saturated heterocycles. The van der Waals surface area contributed by atoms with Crippen molar-refractivity contribution in [2.75, 3.05) is 7.11 Å². The minimum atomic E-state index is -0.796. The van der Waals surface area contributed by atoms with Crippen LogP contribution in [0.25, 0.3) is 0 Å². The van der Waals surface area contributed by atoms with Crippen LogP contribution in [0.3, 0.4) is 0 Å². The van der Waals surface area contributed by atoms with E-state index < -0.39 is 5.60 Å². The van der Waals surface area contributed by atoms with Crippen LogP contribution in [0.4, 0.5) is 0 Å². The highest BCUT2D eigenvalue weighted by atomic mass is 16.5. The minimum absolute atomic E-state index is 0.225. The van der Waals surface area contributed by atoms with Crippen LogP contribution in [0.15, 0.2) is 6.20 Å². The van der Waals surface area contributed by atoms with E-state index in [1.807, 2.05) is 4.68 Å². The number of hydrogen-bond acceptors (Lipinski definition) is 3. The van der Waals surface area contributed by atoms with E-state index >= 15 is 0 Å². The first kappa shape index (κ1) is 15.4. The Balaban J connectivity index is 2.35. The maximum absolute atomic E-state index is 11.2. The summed E-state index contributed by atoms with van der Waals surface area (Å²) in [7, 11) is 1.65. The third-order valence-corrected chi connectivity index (χ3v) is 4.66. The highest BCUT2D eigenvalue weighted by molar-refractivity contribution is 5.31. The van der Waals surface area contributed by atoms with Gasteiger partial charge in [-0.05, 0) is 45.4 Å². The van der Waals surface area contributed by atoms with Crippen LogP contribution < -0.4 is 4.74 Å². The Kier molecular flexibility index (Phi) is 4.74. The van der Waals surface area contributed by atoms with Gasteiger partial charge in [-0.25, -0.2) is 0 Å². The van der Waals surface area contributed by atoms with Crippen molar-refractivity contribution in [2.24, 2.45) is 5.92 Å². The molecule has 1 heterocycles. The van der Waals surface area contributed by atoms with E-state index in [1.54, 1.807) is 13.3 Å². The first-order chi connectivity index (χ1) is 9.51. The fraction of sp³-hybridized carbons (Fsp3) is 0.812. The fourth-order valence-corrected chi connectivity index (χ4v) is 3.37. The molecule has 0 aliphatic heterocycles. The van der Waals surface area contributed by atoms with E-state index in [-0.39, 0.29) is 6.04 Å². The van der Waals surface area contributed by atoms with E-state index in [1.165, 1.54) is 12.8 Å². The normalized spacial score (nSPS) is 27.6. The van der Waals surface area contributed by atoms with Crippen LogP contribution in [-0.2, 0) is 5.60 Å². The maximum Gasteiger partial charge on any atom is 0.162 e. The Labute approximate surface area is 122 Å². The highest BCUT2D eigenvalue weighted by Gasteiger charge is 2.38. The monoisotopic (exact) mass is 280 g/mol. The van der Waals surface area contributed by atoms with Gasteiger partial charge in [-0.15, -0.1) is 0 Å². The molecule has 1 aliphatic carbocycles. The Morgan fingerprint density at radius 1 is 1.45 bits per heavy atom. The maximum atomic E-state index is 11.2. The van der Waals surface area contributed by atoms with Gasteiger partial charge in [-0.3, -0.25) is 4.68 Å². The summed E-state index contributed by atoms with van der Waals surface area (Å²) in [5.74, 6) is 1.46. The van der Waals surface area contributed by atoms with Crippen molar-refractivity contribution >= 4 is 0 Å². The van der Waals surface area contributed by atoms with Crippen LogP contribution in [-0.4, -0.2) is 22.0 Å². The largest absolute Gasteiger partial charge is 0.493 e. The molecule has 2 unspecified atom stereocenters. The van der Waals surface area contributed by atoms with Gasteiger partial charge in [-0.2, -0.15) is 5.10 Å². The molecule has 1 aliphatic rings. The van der Waals surface area contributed by atoms with Crippen LogP contribution in [0.5, 0.6) is 5.75 Å². The van der Waals surface area contributed by atoms with E-state index in [9.17, 15) is 5.11 Å². The summed E-state index contributed by atoms with van der Waals surface area (Å²) in [6.07, 6.45) is 7.92. The average molecular weight is 280 g/mol. The lowest BCUT2D eigenvalue weighted by atomic mass is 9.89. The van der Waals surface area contributed by atoms with Gasteiger partial charge < -0.3 is 9.84 Å². The minimum Gasteiger partial charge on any atom is -0.493 e. The Morgan fingerprint density at radius 3 is 2.80 bits per heavy atom. The van der Waals surface area contributed by atoms with Gasteiger partial charge >= 0.3 is 0 Å². The molecular formula is C16H28N2O2. The van der Waals surface area contributed by atoms with Crippen LogP contribution >= 0.6 is 0 Å². The van der Waals surface area contributed by atoms with Crippen molar-refractivity contribution in [3.8, 4) is 5.75 Å². The second-order valence-corrected chi connectivity index (χ2v) is 6.34. The summed E-state index contributed by atoms with van der Waals surface area (Å²) in [6, 6.07) is 0.225. The molecule has 0 radical (unpaired) electrons. The van der Waals surface area contributed by atoms with Crippen molar-refractivity contribution in [3.63, 3.8) is 0 Å². The quantitative estimate of drug-likeness (QED) is 0.856. The molecular weight excluding hydrogens is 252 g/mol. The molecule has 1 N–H and O–H groups in total. The molecule has 1 fully saturated rings. The van der Waals surface area contributed by atoms with Crippen molar-refractivity contribution < 1.29 is 9.84 Å². The molecule has 1 aromatic heterocycles. The van der Waals surface area contributed by atoms with Crippen LogP contribution in [0, 0.1) is 5.92 Å². The van der Waals surface area contributed by atoms with Crippen molar-refractivity contribution in [3.05, 3.63) is 11.9 Å². The molecule has 20 heavy (non-hydrogen) atoms. The molecule has 1 aromatic rings. The van der Waals surface area contributed by atoms with E-state index in [0.717, 1.165) is 43.0 Å². The average Bonchev–Trinajstić information content (AvgIpc) is 2.78. The molecule has 0 spiro atoms. The predicted molar refractivity (Wildman–Crippen MR) is 79.9 cm³/mol. The summed E-state index contributed by atoms with van der Waals surface area (Å²) < 4.78 is 7.37. The lowest BCUT2D eigenvalue weighted by molar-refractivity contribution is 0.00758. The van der Waals surface area contributed by atoms with Crippen molar-refractivity contribution in [2.45, 2.75) is 70.9 Å². The summed E-state index contributed by atoms with van der Waals surface area (Å²) in [4.78, 5) is 0. The van der Waals surface area contributed by atoms with Crippen molar-refractivity contribution in [1.82, 2.24) is 9.78 Å². The number of methoxy groups -OCH3 is 1. The molecule has 4 heteroatoms. The first-order valence-electron chi connectivity index (χ1n) is 7.86. The number of aromatic nitrogens is 2. The summed E-state index contributed by atoms with van der Waals surface area (Å²) >= 11 is 0. The van der Waals surface area contributed by atoms with E-state index in [0.29, 0.717) is 0 Å². The second-order valence-electron chi connectivity index (χ2n) is 6.34. The standard InChI is InChI=1S/C16H28N2O2/c1-5-13-7-6-9-16(19,10-8-13)15-14(20-4)11-17-18(15)12(2)3/h11-13,19H,5-10H2,1-4H3. The molecule has 0 bridgehead atoms. The van der Waals surface area contributed by atoms with Gasteiger partial charge in [0.05, 0.1) is 13.3 Å². The lowest BCUT2D eigenvalue weighted by Gasteiger charge is -2.29.